The van der Waals surface area contributed by atoms with E-state index in [1.165, 1.54) is 0 Å². The molecule has 0 fully saturated rings. The van der Waals surface area contributed by atoms with Crippen molar-refractivity contribution in [2.45, 2.75) is 33.1 Å². The lowest BCUT2D eigenvalue weighted by atomic mass is 10.1. The Morgan fingerprint density at radius 2 is 2.18 bits per heavy atom. The lowest BCUT2D eigenvalue weighted by Crippen LogP contribution is -2.07. The van der Waals surface area contributed by atoms with Crippen molar-refractivity contribution < 1.29 is 0 Å². The summed E-state index contributed by atoms with van der Waals surface area (Å²) in [6.45, 7) is 4.08. The van der Waals surface area contributed by atoms with Gasteiger partial charge in [-0.25, -0.2) is 15.0 Å². The Bertz CT molecular complexity index is 493. The molecule has 2 N–H and O–H groups in total. The van der Waals surface area contributed by atoms with E-state index in [9.17, 15) is 0 Å². The Morgan fingerprint density at radius 3 is 2.82 bits per heavy atom. The molecule has 5 heteroatoms. The predicted octanol–water partition coefficient (Wildman–Crippen LogP) is 2.37. The maximum Gasteiger partial charge on any atom is 0.131 e. The molecule has 0 amide bonds. The monoisotopic (exact) mass is 248 g/mol. The number of thiazole rings is 1. The van der Waals surface area contributed by atoms with Crippen LogP contribution in [0.2, 0.25) is 0 Å². The number of hydrogen-bond acceptors (Lipinski definition) is 5. The number of nitrogens with zero attached hydrogens (tertiary/aromatic N) is 3. The Hall–Kier alpha value is -1.49. The van der Waals surface area contributed by atoms with Crippen molar-refractivity contribution in [2.24, 2.45) is 0 Å². The van der Waals surface area contributed by atoms with Gasteiger partial charge in [-0.05, 0) is 13.3 Å². The molecular formula is C12H16N4S. The van der Waals surface area contributed by atoms with Crippen molar-refractivity contribution in [3.05, 3.63) is 33.7 Å². The third kappa shape index (κ3) is 2.79. The van der Waals surface area contributed by atoms with Gasteiger partial charge in [0.25, 0.3) is 0 Å². The first-order chi connectivity index (χ1) is 8.20. The molecule has 2 rings (SSSR count). The summed E-state index contributed by atoms with van der Waals surface area (Å²) in [5.74, 6) is 1.43. The molecule has 90 valence electrons. The average molecular weight is 248 g/mol. The minimum atomic E-state index is 0.593. The first-order valence-corrected chi connectivity index (χ1v) is 6.59. The minimum Gasteiger partial charge on any atom is -0.383 e. The van der Waals surface area contributed by atoms with Gasteiger partial charge in [-0.1, -0.05) is 6.92 Å². The third-order valence-corrected chi connectivity index (χ3v) is 3.39. The Balaban J connectivity index is 2.31. The molecule has 2 heterocycles. The molecule has 0 aliphatic carbocycles. The van der Waals surface area contributed by atoms with Crippen molar-refractivity contribution in [1.82, 2.24) is 15.0 Å². The van der Waals surface area contributed by atoms with Gasteiger partial charge in [0.1, 0.15) is 11.6 Å². The van der Waals surface area contributed by atoms with Crippen LogP contribution < -0.4 is 5.73 Å². The summed E-state index contributed by atoms with van der Waals surface area (Å²) in [7, 11) is 0. The lowest BCUT2D eigenvalue weighted by molar-refractivity contribution is 0.814. The normalized spacial score (nSPS) is 10.7. The largest absolute Gasteiger partial charge is 0.383 e. The number of anilines is 1. The fourth-order valence-electron chi connectivity index (χ4n) is 1.63. The molecule has 0 radical (unpaired) electrons. The smallest absolute Gasteiger partial charge is 0.131 e. The van der Waals surface area contributed by atoms with Gasteiger partial charge in [0.05, 0.1) is 10.7 Å². The van der Waals surface area contributed by atoms with Gasteiger partial charge >= 0.3 is 0 Å². The van der Waals surface area contributed by atoms with Gasteiger partial charge in [-0.15, -0.1) is 11.3 Å². The molecule has 0 aliphatic heterocycles. The highest BCUT2D eigenvalue weighted by molar-refractivity contribution is 7.09. The molecule has 2 aromatic heterocycles. The molecule has 0 bridgehead atoms. The van der Waals surface area contributed by atoms with Crippen molar-refractivity contribution in [2.75, 3.05) is 5.73 Å². The molecule has 0 aromatic carbocycles. The molecule has 0 unspecified atom stereocenters. The van der Waals surface area contributed by atoms with Gasteiger partial charge in [0.2, 0.25) is 0 Å². The van der Waals surface area contributed by atoms with Gasteiger partial charge in [-0.2, -0.15) is 0 Å². The zero-order valence-electron chi connectivity index (χ0n) is 10.1. The van der Waals surface area contributed by atoms with Crippen molar-refractivity contribution in [3.8, 4) is 0 Å². The number of aryl methyl sites for hydroxylation is 1. The second kappa shape index (κ2) is 5.23. The quantitative estimate of drug-likeness (QED) is 0.902. The van der Waals surface area contributed by atoms with E-state index in [0.29, 0.717) is 5.82 Å². The first-order valence-electron chi connectivity index (χ1n) is 5.71. The summed E-state index contributed by atoms with van der Waals surface area (Å²) in [4.78, 5) is 13.2. The highest BCUT2D eigenvalue weighted by Gasteiger charge is 2.10. The zero-order chi connectivity index (χ0) is 12.3. The summed E-state index contributed by atoms with van der Waals surface area (Å²) in [5.41, 5.74) is 7.88. The minimum absolute atomic E-state index is 0.593. The van der Waals surface area contributed by atoms with Gasteiger partial charge in [-0.3, -0.25) is 0 Å². The van der Waals surface area contributed by atoms with Crippen LogP contribution in [0.5, 0.6) is 0 Å². The summed E-state index contributed by atoms with van der Waals surface area (Å²) in [6.07, 6.45) is 4.45. The van der Waals surface area contributed by atoms with E-state index in [-0.39, 0.29) is 0 Å². The van der Waals surface area contributed by atoms with Crippen molar-refractivity contribution in [3.63, 3.8) is 0 Å². The van der Waals surface area contributed by atoms with E-state index in [1.54, 1.807) is 11.3 Å². The van der Waals surface area contributed by atoms with Crippen LogP contribution in [-0.4, -0.2) is 15.0 Å². The van der Waals surface area contributed by atoms with Crippen LogP contribution in [0.4, 0.5) is 5.82 Å². The van der Waals surface area contributed by atoms with E-state index >= 15 is 0 Å². The number of nitrogens with two attached hydrogens (primary N) is 1. The molecule has 0 aliphatic rings. The first kappa shape index (κ1) is 12.0. The van der Waals surface area contributed by atoms with Crippen molar-refractivity contribution >= 4 is 17.2 Å². The number of nitrogen functional groups attached to an aromatic ring is 1. The number of hydrogen-bond donors (Lipinski definition) is 1. The van der Waals surface area contributed by atoms with Gasteiger partial charge in [0.15, 0.2) is 0 Å². The maximum absolute atomic E-state index is 5.91. The predicted molar refractivity (Wildman–Crippen MR) is 70.1 cm³/mol. The highest BCUT2D eigenvalue weighted by atomic mass is 32.1. The topological polar surface area (TPSA) is 64.7 Å². The van der Waals surface area contributed by atoms with Crippen LogP contribution in [0.3, 0.4) is 0 Å². The second-order valence-corrected chi connectivity index (χ2v) is 4.93. The Kier molecular flexibility index (Phi) is 3.68. The molecule has 0 saturated heterocycles. The Labute approximate surface area is 105 Å². The maximum atomic E-state index is 5.91. The zero-order valence-corrected chi connectivity index (χ0v) is 10.9. The molecule has 0 saturated carbocycles. The molecule has 17 heavy (non-hydrogen) atoms. The SMILES string of the molecule is CCCc1nc(N)c(C)c(Cc2nccs2)n1. The molecular weight excluding hydrogens is 232 g/mol. The summed E-state index contributed by atoms with van der Waals surface area (Å²) in [6, 6.07) is 0. The number of rotatable bonds is 4. The molecule has 2 aromatic rings. The highest BCUT2D eigenvalue weighted by Crippen LogP contribution is 2.17. The van der Waals surface area contributed by atoms with Crippen LogP contribution in [0.25, 0.3) is 0 Å². The van der Waals surface area contributed by atoms with Crippen LogP contribution in [-0.2, 0) is 12.8 Å². The van der Waals surface area contributed by atoms with Crippen molar-refractivity contribution in [1.29, 1.82) is 0 Å². The summed E-state index contributed by atoms with van der Waals surface area (Å²) < 4.78 is 0. The van der Waals surface area contributed by atoms with E-state index in [4.69, 9.17) is 5.73 Å². The standard InChI is InChI=1S/C12H16N4S/c1-3-4-10-15-9(8(2)12(13)16-10)7-11-14-5-6-17-11/h5-6H,3-4,7H2,1-2H3,(H2,13,15,16). The van der Waals surface area contributed by atoms with Crippen LogP contribution in [0.15, 0.2) is 11.6 Å². The summed E-state index contributed by atoms with van der Waals surface area (Å²) in [5, 5.41) is 3.04. The van der Waals surface area contributed by atoms with Gasteiger partial charge in [0, 0.05) is 30.0 Å². The van der Waals surface area contributed by atoms with Crippen LogP contribution in [0.1, 0.15) is 35.4 Å². The van der Waals surface area contributed by atoms with Crippen LogP contribution >= 0.6 is 11.3 Å². The van der Waals surface area contributed by atoms with Crippen LogP contribution in [0, 0.1) is 6.92 Å². The van der Waals surface area contributed by atoms with Gasteiger partial charge < -0.3 is 5.73 Å². The molecule has 0 spiro atoms. The average Bonchev–Trinajstić information content (AvgIpc) is 2.78. The number of aromatic nitrogens is 3. The fourth-order valence-corrected chi connectivity index (χ4v) is 2.25. The van der Waals surface area contributed by atoms with E-state index in [2.05, 4.69) is 21.9 Å². The Morgan fingerprint density at radius 1 is 1.35 bits per heavy atom. The summed E-state index contributed by atoms with van der Waals surface area (Å²) >= 11 is 1.64. The lowest BCUT2D eigenvalue weighted by Gasteiger charge is -2.08. The fraction of sp³-hybridized carbons (Fsp3) is 0.417. The molecule has 0 atom stereocenters. The third-order valence-electron chi connectivity index (χ3n) is 2.61. The molecule has 4 nitrogen and oxygen atoms in total. The van der Waals surface area contributed by atoms with E-state index < -0.39 is 0 Å². The van der Waals surface area contributed by atoms with E-state index in [1.807, 2.05) is 18.5 Å². The van der Waals surface area contributed by atoms with E-state index in [0.717, 1.165) is 41.4 Å². The second-order valence-electron chi connectivity index (χ2n) is 3.95.